The molecule has 2 rings (SSSR count). The summed E-state index contributed by atoms with van der Waals surface area (Å²) in [4.78, 5) is 14.0. The third-order valence-electron chi connectivity index (χ3n) is 4.20. The number of nitrogens with two attached hydrogens (primary N) is 1. The Morgan fingerprint density at radius 2 is 1.94 bits per heavy atom. The normalized spacial score (nSPS) is 25.8. The first-order chi connectivity index (χ1) is 7.83. The third-order valence-corrected chi connectivity index (χ3v) is 4.20. The molecule has 0 aromatic rings. The summed E-state index contributed by atoms with van der Waals surface area (Å²) in [7, 11) is 0. The van der Waals surface area contributed by atoms with Crippen molar-refractivity contribution in [3.63, 3.8) is 0 Å². The zero-order chi connectivity index (χ0) is 11.4. The van der Waals surface area contributed by atoms with Gasteiger partial charge >= 0.3 is 0 Å². The third kappa shape index (κ3) is 2.57. The second-order valence-electron chi connectivity index (χ2n) is 5.25. The van der Waals surface area contributed by atoms with Crippen molar-refractivity contribution in [3.8, 4) is 0 Å². The van der Waals surface area contributed by atoms with Crippen LogP contribution in [0.25, 0.3) is 0 Å². The number of carbonyl (C=O) groups is 1. The molecule has 1 atom stereocenters. The quantitative estimate of drug-likeness (QED) is 0.796. The minimum absolute atomic E-state index is 0.327. The number of hydrogen-bond acceptors (Lipinski definition) is 2. The second kappa shape index (κ2) is 5.67. The van der Waals surface area contributed by atoms with Crippen molar-refractivity contribution < 1.29 is 4.79 Å². The van der Waals surface area contributed by atoms with Crippen LogP contribution in [-0.4, -0.2) is 29.9 Å². The number of carbonyl (C=O) groups excluding carboxylic acids is 1. The van der Waals surface area contributed by atoms with Crippen LogP contribution >= 0.6 is 0 Å². The molecular weight excluding hydrogens is 200 g/mol. The van der Waals surface area contributed by atoms with Gasteiger partial charge in [0.15, 0.2) is 0 Å². The van der Waals surface area contributed by atoms with E-state index in [4.69, 9.17) is 5.73 Å². The van der Waals surface area contributed by atoms with Gasteiger partial charge in [-0.1, -0.05) is 19.3 Å². The van der Waals surface area contributed by atoms with Gasteiger partial charge in [-0.05, 0) is 31.6 Å². The molecule has 0 spiro atoms. The summed E-state index contributed by atoms with van der Waals surface area (Å²) in [6, 6.07) is 0.327. The summed E-state index contributed by atoms with van der Waals surface area (Å²) in [5, 5.41) is 0. The molecule has 1 amide bonds. The average Bonchev–Trinajstić information content (AvgIpc) is 2.34. The fourth-order valence-electron chi connectivity index (χ4n) is 3.27. The van der Waals surface area contributed by atoms with Gasteiger partial charge in [-0.3, -0.25) is 4.79 Å². The van der Waals surface area contributed by atoms with Gasteiger partial charge in [-0.2, -0.15) is 0 Å². The second-order valence-corrected chi connectivity index (χ2v) is 5.25. The minimum atomic E-state index is 0.327. The molecule has 1 saturated carbocycles. The highest BCUT2D eigenvalue weighted by molar-refractivity contribution is 5.77. The van der Waals surface area contributed by atoms with E-state index in [1.54, 1.807) is 0 Å². The van der Waals surface area contributed by atoms with Crippen LogP contribution in [0.4, 0.5) is 0 Å². The van der Waals surface area contributed by atoms with Gasteiger partial charge in [-0.25, -0.2) is 0 Å². The van der Waals surface area contributed by atoms with Gasteiger partial charge in [0, 0.05) is 25.6 Å². The van der Waals surface area contributed by atoms with E-state index in [1.807, 2.05) is 0 Å². The first-order valence-electron chi connectivity index (χ1n) is 6.82. The fraction of sp³-hybridized carbons (Fsp3) is 0.923. The molecule has 1 unspecified atom stereocenters. The summed E-state index contributed by atoms with van der Waals surface area (Å²) in [6.45, 7) is 1.59. The Morgan fingerprint density at radius 3 is 2.56 bits per heavy atom. The van der Waals surface area contributed by atoms with E-state index in [0.29, 0.717) is 24.4 Å². The standard InChI is InChI=1S/C13H24N2O/c14-10-12(11-6-2-1-3-7-11)15-9-5-4-8-13(15)16/h11-12H,1-10,14H2. The predicted octanol–water partition coefficient (Wildman–Crippen LogP) is 1.91. The molecule has 1 aliphatic heterocycles. The average molecular weight is 224 g/mol. The van der Waals surface area contributed by atoms with Crippen molar-refractivity contribution >= 4 is 5.91 Å². The molecule has 1 aliphatic carbocycles. The Kier molecular flexibility index (Phi) is 4.22. The smallest absolute Gasteiger partial charge is 0.222 e. The van der Waals surface area contributed by atoms with E-state index >= 15 is 0 Å². The Balaban J connectivity index is 1.99. The summed E-state index contributed by atoms with van der Waals surface area (Å²) in [6.07, 6.45) is 9.51. The van der Waals surface area contributed by atoms with Crippen molar-refractivity contribution in [2.24, 2.45) is 11.7 Å². The predicted molar refractivity (Wildman–Crippen MR) is 65.0 cm³/mol. The van der Waals surface area contributed by atoms with Crippen molar-refractivity contribution in [1.29, 1.82) is 0 Å². The molecular formula is C13H24N2O. The SMILES string of the molecule is NCC(C1CCCCC1)N1CCCCC1=O. The minimum Gasteiger partial charge on any atom is -0.338 e. The van der Waals surface area contributed by atoms with Crippen molar-refractivity contribution in [2.45, 2.75) is 57.4 Å². The highest BCUT2D eigenvalue weighted by Gasteiger charge is 2.31. The summed E-state index contributed by atoms with van der Waals surface area (Å²) in [5.74, 6) is 1.01. The van der Waals surface area contributed by atoms with E-state index in [0.717, 1.165) is 25.8 Å². The maximum absolute atomic E-state index is 11.9. The molecule has 0 bridgehead atoms. The lowest BCUT2D eigenvalue weighted by atomic mass is 9.82. The van der Waals surface area contributed by atoms with E-state index in [1.165, 1.54) is 32.1 Å². The Morgan fingerprint density at radius 1 is 1.19 bits per heavy atom. The number of rotatable bonds is 3. The number of likely N-dealkylation sites (tertiary alicyclic amines) is 1. The van der Waals surface area contributed by atoms with E-state index in [-0.39, 0.29) is 0 Å². The van der Waals surface area contributed by atoms with Gasteiger partial charge < -0.3 is 10.6 Å². The fourth-order valence-corrected chi connectivity index (χ4v) is 3.27. The molecule has 2 N–H and O–H groups in total. The molecule has 2 fully saturated rings. The monoisotopic (exact) mass is 224 g/mol. The number of piperidine rings is 1. The van der Waals surface area contributed by atoms with Crippen LogP contribution in [0.15, 0.2) is 0 Å². The first-order valence-corrected chi connectivity index (χ1v) is 6.82. The zero-order valence-electron chi connectivity index (χ0n) is 10.2. The lowest BCUT2D eigenvalue weighted by Crippen LogP contribution is -2.51. The number of hydrogen-bond donors (Lipinski definition) is 1. The van der Waals surface area contributed by atoms with Gasteiger partial charge in [0.05, 0.1) is 0 Å². The molecule has 16 heavy (non-hydrogen) atoms. The van der Waals surface area contributed by atoms with Gasteiger partial charge in [0.25, 0.3) is 0 Å². The summed E-state index contributed by atoms with van der Waals surface area (Å²) < 4.78 is 0. The molecule has 0 radical (unpaired) electrons. The first kappa shape index (κ1) is 11.9. The van der Waals surface area contributed by atoms with Crippen LogP contribution < -0.4 is 5.73 Å². The van der Waals surface area contributed by atoms with E-state index in [9.17, 15) is 4.79 Å². The van der Waals surface area contributed by atoms with E-state index < -0.39 is 0 Å². The van der Waals surface area contributed by atoms with Crippen molar-refractivity contribution in [3.05, 3.63) is 0 Å². The molecule has 1 saturated heterocycles. The maximum Gasteiger partial charge on any atom is 0.222 e. The molecule has 0 aromatic carbocycles. The van der Waals surface area contributed by atoms with Crippen molar-refractivity contribution in [2.75, 3.05) is 13.1 Å². The topological polar surface area (TPSA) is 46.3 Å². The Labute approximate surface area is 98.4 Å². The lowest BCUT2D eigenvalue weighted by molar-refractivity contribution is -0.137. The van der Waals surface area contributed by atoms with Gasteiger partial charge in [-0.15, -0.1) is 0 Å². The number of nitrogens with zero attached hydrogens (tertiary/aromatic N) is 1. The molecule has 2 aliphatic rings. The molecule has 1 heterocycles. The lowest BCUT2D eigenvalue weighted by Gasteiger charge is -2.40. The van der Waals surface area contributed by atoms with Crippen LogP contribution in [0, 0.1) is 5.92 Å². The van der Waals surface area contributed by atoms with Crippen LogP contribution in [0.1, 0.15) is 51.4 Å². The summed E-state index contributed by atoms with van der Waals surface area (Å²) in [5.41, 5.74) is 5.90. The maximum atomic E-state index is 11.9. The van der Waals surface area contributed by atoms with Gasteiger partial charge in [0.2, 0.25) is 5.91 Å². The molecule has 0 aromatic heterocycles. The van der Waals surface area contributed by atoms with Crippen LogP contribution in [-0.2, 0) is 4.79 Å². The summed E-state index contributed by atoms with van der Waals surface area (Å²) >= 11 is 0. The highest BCUT2D eigenvalue weighted by Crippen LogP contribution is 2.30. The Bertz CT molecular complexity index is 236. The highest BCUT2D eigenvalue weighted by atomic mass is 16.2. The van der Waals surface area contributed by atoms with Crippen LogP contribution in [0.3, 0.4) is 0 Å². The Hall–Kier alpha value is -0.570. The molecule has 3 heteroatoms. The van der Waals surface area contributed by atoms with Crippen LogP contribution in [0.2, 0.25) is 0 Å². The largest absolute Gasteiger partial charge is 0.338 e. The molecule has 92 valence electrons. The zero-order valence-corrected chi connectivity index (χ0v) is 10.2. The van der Waals surface area contributed by atoms with Crippen LogP contribution in [0.5, 0.6) is 0 Å². The van der Waals surface area contributed by atoms with Gasteiger partial charge in [0.1, 0.15) is 0 Å². The molecule has 3 nitrogen and oxygen atoms in total. The number of amides is 1. The van der Waals surface area contributed by atoms with Crippen molar-refractivity contribution in [1.82, 2.24) is 4.90 Å². The van der Waals surface area contributed by atoms with E-state index in [2.05, 4.69) is 4.90 Å².